The third-order valence-electron chi connectivity index (χ3n) is 5.01. The van der Waals surface area contributed by atoms with Crippen molar-refractivity contribution < 1.29 is 9.53 Å². The number of carbonyl (C=O) groups excluding carboxylic acids is 1. The molecule has 7 heteroatoms. The minimum Gasteiger partial charge on any atom is -0.497 e. The summed E-state index contributed by atoms with van der Waals surface area (Å²) in [6, 6.07) is 15.5. The highest BCUT2D eigenvalue weighted by atomic mass is 16.5. The van der Waals surface area contributed by atoms with Gasteiger partial charge in [-0.3, -0.25) is 4.79 Å². The van der Waals surface area contributed by atoms with E-state index in [1.807, 2.05) is 53.1 Å². The first kappa shape index (κ1) is 19.4. The standard InChI is InChI=1S/C23H23N5O2/c1-3-13-25-23(29)19-20-22(27-18-7-5-4-6-17(18)26-20)28(21(19)24)14-12-15-8-10-16(30-2)11-9-15/h3-11H,1,12-14,24H2,2H3,(H,25,29). The first-order chi connectivity index (χ1) is 14.6. The average Bonchev–Trinajstić information content (AvgIpc) is 3.05. The summed E-state index contributed by atoms with van der Waals surface area (Å²) in [6.45, 7) is 4.56. The van der Waals surface area contributed by atoms with Crippen LogP contribution in [0.25, 0.3) is 22.2 Å². The lowest BCUT2D eigenvalue weighted by molar-refractivity contribution is 0.0960. The lowest BCUT2D eigenvalue weighted by Gasteiger charge is -2.09. The van der Waals surface area contributed by atoms with Crippen LogP contribution in [0, 0.1) is 0 Å². The number of nitrogen functional groups attached to an aromatic ring is 1. The molecule has 2 aromatic carbocycles. The number of nitrogens with two attached hydrogens (primary N) is 1. The molecule has 0 bridgehead atoms. The SMILES string of the molecule is C=CCNC(=O)c1c(N)n(CCc2ccc(OC)cc2)c2nc3ccccc3nc12. The molecule has 7 nitrogen and oxygen atoms in total. The molecule has 0 radical (unpaired) electrons. The van der Waals surface area contributed by atoms with Crippen LogP contribution < -0.4 is 15.8 Å². The lowest BCUT2D eigenvalue weighted by Crippen LogP contribution is -2.24. The molecule has 0 aliphatic carbocycles. The molecule has 4 rings (SSSR count). The number of hydrogen-bond acceptors (Lipinski definition) is 5. The number of aromatic nitrogens is 3. The maximum atomic E-state index is 12.8. The van der Waals surface area contributed by atoms with Crippen LogP contribution in [0.1, 0.15) is 15.9 Å². The van der Waals surface area contributed by atoms with Gasteiger partial charge in [-0.15, -0.1) is 6.58 Å². The van der Waals surface area contributed by atoms with E-state index in [1.54, 1.807) is 13.2 Å². The van der Waals surface area contributed by atoms with Gasteiger partial charge < -0.3 is 20.4 Å². The van der Waals surface area contributed by atoms with Crippen molar-refractivity contribution in [1.82, 2.24) is 19.9 Å². The molecule has 2 heterocycles. The number of benzene rings is 2. The fourth-order valence-electron chi connectivity index (χ4n) is 3.45. The van der Waals surface area contributed by atoms with Crippen molar-refractivity contribution in [3.05, 3.63) is 72.3 Å². The van der Waals surface area contributed by atoms with Gasteiger partial charge in [-0.1, -0.05) is 30.3 Å². The van der Waals surface area contributed by atoms with Gasteiger partial charge in [0.1, 0.15) is 22.6 Å². The number of rotatable bonds is 7. The number of amides is 1. The number of para-hydroxylation sites is 2. The van der Waals surface area contributed by atoms with Crippen molar-refractivity contribution in [3.63, 3.8) is 0 Å². The average molecular weight is 401 g/mol. The van der Waals surface area contributed by atoms with Crippen molar-refractivity contribution in [2.45, 2.75) is 13.0 Å². The summed E-state index contributed by atoms with van der Waals surface area (Å²) in [6.07, 6.45) is 2.35. The van der Waals surface area contributed by atoms with Crippen LogP contribution in [-0.4, -0.2) is 34.1 Å². The molecule has 30 heavy (non-hydrogen) atoms. The Labute approximate surface area is 174 Å². The Morgan fingerprint density at radius 1 is 1.17 bits per heavy atom. The van der Waals surface area contributed by atoms with Crippen LogP contribution in [0.5, 0.6) is 5.75 Å². The maximum Gasteiger partial charge on any atom is 0.257 e. The number of carbonyl (C=O) groups is 1. The second kappa shape index (κ2) is 8.24. The van der Waals surface area contributed by atoms with Crippen LogP contribution in [-0.2, 0) is 13.0 Å². The van der Waals surface area contributed by atoms with Crippen molar-refractivity contribution in [1.29, 1.82) is 0 Å². The van der Waals surface area contributed by atoms with Gasteiger partial charge in [-0.25, -0.2) is 9.97 Å². The predicted molar refractivity (Wildman–Crippen MR) is 119 cm³/mol. The number of methoxy groups -OCH3 is 1. The molecule has 4 aromatic rings. The normalized spacial score (nSPS) is 11.0. The smallest absolute Gasteiger partial charge is 0.257 e. The second-order valence-corrected chi connectivity index (χ2v) is 6.89. The van der Waals surface area contributed by atoms with E-state index < -0.39 is 0 Å². The molecule has 0 atom stereocenters. The van der Waals surface area contributed by atoms with Crippen LogP contribution in [0.4, 0.5) is 5.82 Å². The van der Waals surface area contributed by atoms with Crippen LogP contribution in [0.3, 0.4) is 0 Å². The number of ether oxygens (including phenoxy) is 1. The highest BCUT2D eigenvalue weighted by molar-refractivity contribution is 6.10. The minimum absolute atomic E-state index is 0.287. The number of aryl methyl sites for hydroxylation is 2. The van der Waals surface area contributed by atoms with Gasteiger partial charge in [-0.05, 0) is 36.2 Å². The van der Waals surface area contributed by atoms with Gasteiger partial charge in [0.05, 0.1) is 18.1 Å². The van der Waals surface area contributed by atoms with Gasteiger partial charge in [0, 0.05) is 13.1 Å². The van der Waals surface area contributed by atoms with Gasteiger partial charge >= 0.3 is 0 Å². The molecule has 152 valence electrons. The van der Waals surface area contributed by atoms with Crippen molar-refractivity contribution in [3.8, 4) is 5.75 Å². The zero-order valence-corrected chi connectivity index (χ0v) is 16.8. The van der Waals surface area contributed by atoms with E-state index in [0.717, 1.165) is 28.8 Å². The molecule has 0 fully saturated rings. The molecule has 1 amide bonds. The third-order valence-corrected chi connectivity index (χ3v) is 5.01. The van der Waals surface area contributed by atoms with Crippen molar-refractivity contribution >= 4 is 33.9 Å². The van der Waals surface area contributed by atoms with E-state index >= 15 is 0 Å². The summed E-state index contributed by atoms with van der Waals surface area (Å²) in [7, 11) is 1.64. The van der Waals surface area contributed by atoms with Crippen molar-refractivity contribution in [2.75, 3.05) is 19.4 Å². The lowest BCUT2D eigenvalue weighted by atomic mass is 10.1. The highest BCUT2D eigenvalue weighted by Crippen LogP contribution is 2.28. The Kier molecular flexibility index (Phi) is 5.34. The van der Waals surface area contributed by atoms with E-state index in [9.17, 15) is 4.79 Å². The van der Waals surface area contributed by atoms with Gasteiger partial charge in [0.15, 0.2) is 5.65 Å². The molecular formula is C23H23N5O2. The molecule has 0 saturated carbocycles. The molecule has 0 aliphatic rings. The Morgan fingerprint density at radius 2 is 1.87 bits per heavy atom. The second-order valence-electron chi connectivity index (χ2n) is 6.89. The van der Waals surface area contributed by atoms with Gasteiger partial charge in [-0.2, -0.15) is 0 Å². The van der Waals surface area contributed by atoms with E-state index in [-0.39, 0.29) is 5.91 Å². The first-order valence-corrected chi connectivity index (χ1v) is 9.69. The number of hydrogen-bond donors (Lipinski definition) is 2. The minimum atomic E-state index is -0.287. The van der Waals surface area contributed by atoms with Crippen LogP contribution in [0.2, 0.25) is 0 Å². The molecule has 2 aromatic heterocycles. The molecule has 3 N–H and O–H groups in total. The Balaban J connectivity index is 1.78. The van der Waals surface area contributed by atoms with Crippen LogP contribution >= 0.6 is 0 Å². The quantitative estimate of drug-likeness (QED) is 0.463. The van der Waals surface area contributed by atoms with Gasteiger partial charge in [0.25, 0.3) is 5.91 Å². The molecule has 0 aliphatic heterocycles. The monoisotopic (exact) mass is 401 g/mol. The molecule has 0 saturated heterocycles. The molecule has 0 unspecified atom stereocenters. The molecular weight excluding hydrogens is 378 g/mol. The number of fused-ring (bicyclic) bond motifs is 2. The summed E-state index contributed by atoms with van der Waals surface area (Å²) >= 11 is 0. The summed E-state index contributed by atoms with van der Waals surface area (Å²) in [5.74, 6) is 0.878. The zero-order chi connectivity index (χ0) is 21.1. The maximum absolute atomic E-state index is 12.8. The van der Waals surface area contributed by atoms with Crippen LogP contribution in [0.15, 0.2) is 61.2 Å². The fourth-order valence-corrected chi connectivity index (χ4v) is 3.45. The summed E-state index contributed by atoms with van der Waals surface area (Å²) in [5.41, 5.74) is 10.5. The van der Waals surface area contributed by atoms with E-state index in [2.05, 4.69) is 11.9 Å². The fraction of sp³-hybridized carbons (Fsp3) is 0.174. The van der Waals surface area contributed by atoms with E-state index in [4.69, 9.17) is 20.4 Å². The predicted octanol–water partition coefficient (Wildman–Crippen LogP) is 3.33. The largest absolute Gasteiger partial charge is 0.497 e. The zero-order valence-electron chi connectivity index (χ0n) is 16.8. The van der Waals surface area contributed by atoms with Gasteiger partial charge in [0.2, 0.25) is 0 Å². The summed E-state index contributed by atoms with van der Waals surface area (Å²) < 4.78 is 7.08. The summed E-state index contributed by atoms with van der Waals surface area (Å²) in [5, 5.41) is 2.80. The Bertz CT molecular complexity index is 1230. The third kappa shape index (κ3) is 3.57. The Morgan fingerprint density at radius 3 is 2.53 bits per heavy atom. The summed E-state index contributed by atoms with van der Waals surface area (Å²) in [4.78, 5) is 22.3. The first-order valence-electron chi connectivity index (χ1n) is 9.69. The topological polar surface area (TPSA) is 95.1 Å². The number of nitrogens with zero attached hydrogens (tertiary/aromatic N) is 3. The Hall–Kier alpha value is -3.87. The van der Waals surface area contributed by atoms with E-state index in [1.165, 1.54) is 0 Å². The number of nitrogens with one attached hydrogen (secondary N) is 1. The van der Waals surface area contributed by atoms with Crippen molar-refractivity contribution in [2.24, 2.45) is 0 Å². The highest BCUT2D eigenvalue weighted by Gasteiger charge is 2.23. The van der Waals surface area contributed by atoms with E-state index in [0.29, 0.717) is 35.6 Å². The molecule has 0 spiro atoms. The number of anilines is 1.